The highest BCUT2D eigenvalue weighted by atomic mass is 16.7. The van der Waals surface area contributed by atoms with Crippen molar-refractivity contribution in [3.63, 3.8) is 0 Å². The molecule has 0 heterocycles. The molecule has 2 amide bonds. The van der Waals surface area contributed by atoms with Crippen LogP contribution in [0.25, 0.3) is 11.1 Å². The van der Waals surface area contributed by atoms with Gasteiger partial charge in [0, 0.05) is 18.9 Å². The van der Waals surface area contributed by atoms with Crippen LogP contribution in [-0.4, -0.2) is 54.8 Å². The third-order valence-electron chi connectivity index (χ3n) is 6.83. The summed E-state index contributed by atoms with van der Waals surface area (Å²) >= 11 is 0. The molecule has 4 rings (SSSR count). The summed E-state index contributed by atoms with van der Waals surface area (Å²) in [5.41, 5.74) is 10.0. The molecule has 1 atom stereocenters. The number of alkyl carbamates (subject to hydrolysis) is 2. The van der Waals surface area contributed by atoms with E-state index in [0.717, 1.165) is 27.8 Å². The molecule has 1 aliphatic rings. The first-order valence-corrected chi connectivity index (χ1v) is 14.8. The number of rotatable bonds is 12. The number of benzene rings is 3. The van der Waals surface area contributed by atoms with Crippen molar-refractivity contribution in [1.82, 2.24) is 10.6 Å². The zero-order valence-corrected chi connectivity index (χ0v) is 26.0. The number of hydrogen-bond acceptors (Lipinski definition) is 9. The average molecular weight is 631 g/mol. The Kier molecular flexibility index (Phi) is 11.3. The maximum absolute atomic E-state index is 12.9. The highest BCUT2D eigenvalue weighted by Gasteiger charge is 2.32. The first kappa shape index (κ1) is 33.5. The van der Waals surface area contributed by atoms with E-state index >= 15 is 0 Å². The molecular weight excluding hydrogens is 592 g/mol. The Morgan fingerprint density at radius 3 is 2.09 bits per heavy atom. The predicted octanol–water partition coefficient (Wildman–Crippen LogP) is 4.76. The molecule has 0 fully saturated rings. The van der Waals surface area contributed by atoms with Gasteiger partial charge in [0.25, 0.3) is 0 Å². The van der Waals surface area contributed by atoms with Gasteiger partial charge in [0.15, 0.2) is 0 Å². The van der Waals surface area contributed by atoms with Crippen LogP contribution < -0.4 is 16.4 Å². The minimum atomic E-state index is -1.48. The molecule has 46 heavy (non-hydrogen) atoms. The monoisotopic (exact) mass is 630 g/mol. The minimum Gasteiger partial charge on any atom is -0.460 e. The smallest absolute Gasteiger partial charge is 0.407 e. The molecule has 1 aliphatic carbocycles. The van der Waals surface area contributed by atoms with E-state index in [-0.39, 0.29) is 37.9 Å². The third-order valence-corrected chi connectivity index (χ3v) is 6.83. The van der Waals surface area contributed by atoms with Gasteiger partial charge in [-0.25, -0.2) is 14.4 Å². The number of nitrogens with two attached hydrogens (primary N) is 1. The second kappa shape index (κ2) is 15.6. The highest BCUT2D eigenvalue weighted by molar-refractivity contribution is 5.87. The van der Waals surface area contributed by atoms with Crippen LogP contribution in [0.2, 0.25) is 0 Å². The molecule has 0 radical (unpaired) electrons. The van der Waals surface area contributed by atoms with E-state index in [2.05, 4.69) is 15.8 Å². The summed E-state index contributed by atoms with van der Waals surface area (Å²) in [6.07, 6.45) is -2.09. The Morgan fingerprint density at radius 2 is 1.46 bits per heavy atom. The zero-order valence-electron chi connectivity index (χ0n) is 26.0. The number of amides is 2. The van der Waals surface area contributed by atoms with E-state index in [9.17, 15) is 19.2 Å². The Balaban J connectivity index is 1.31. The van der Waals surface area contributed by atoms with Gasteiger partial charge >= 0.3 is 24.1 Å². The van der Waals surface area contributed by atoms with Crippen molar-refractivity contribution in [3.8, 4) is 11.1 Å². The van der Waals surface area contributed by atoms with Crippen LogP contribution in [0.3, 0.4) is 0 Å². The maximum Gasteiger partial charge on any atom is 0.407 e. The molecule has 0 aliphatic heterocycles. The second-order valence-electron chi connectivity index (χ2n) is 11.5. The Labute approximate surface area is 267 Å². The summed E-state index contributed by atoms with van der Waals surface area (Å²) < 4.78 is 16.0. The quantitative estimate of drug-likeness (QED) is 0.0638. The van der Waals surface area contributed by atoms with Crippen LogP contribution in [0.5, 0.6) is 0 Å². The van der Waals surface area contributed by atoms with Crippen LogP contribution in [0, 0.1) is 0 Å². The number of carbonyl (C=O) groups excluding carboxylic acids is 4. The minimum absolute atomic E-state index is 0.0000504. The molecule has 242 valence electrons. The van der Waals surface area contributed by atoms with Gasteiger partial charge in [-0.15, -0.1) is 0 Å². The van der Waals surface area contributed by atoms with Crippen LogP contribution in [0.4, 0.5) is 9.59 Å². The molecular formula is C34H38N4O8. The molecule has 3 aromatic rings. The summed E-state index contributed by atoms with van der Waals surface area (Å²) in [7, 11) is 0. The number of hydrogen-bond donors (Lipinski definition) is 3. The van der Waals surface area contributed by atoms with Crippen molar-refractivity contribution in [2.24, 2.45) is 10.9 Å². The second-order valence-corrected chi connectivity index (χ2v) is 11.5. The van der Waals surface area contributed by atoms with E-state index < -0.39 is 42.2 Å². The molecule has 12 nitrogen and oxygen atoms in total. The summed E-state index contributed by atoms with van der Waals surface area (Å²) in [6, 6.07) is 23.4. The maximum atomic E-state index is 12.9. The van der Waals surface area contributed by atoms with Crippen molar-refractivity contribution in [2.75, 3.05) is 13.2 Å². The molecule has 12 heteroatoms. The zero-order chi connectivity index (χ0) is 33.1. The van der Waals surface area contributed by atoms with Crippen molar-refractivity contribution in [3.05, 3.63) is 95.6 Å². The summed E-state index contributed by atoms with van der Waals surface area (Å²) in [5.74, 6) is -2.13. The van der Waals surface area contributed by atoms with E-state index in [4.69, 9.17) is 24.8 Å². The molecule has 4 N–H and O–H groups in total. The van der Waals surface area contributed by atoms with Crippen molar-refractivity contribution < 1.29 is 38.2 Å². The lowest BCUT2D eigenvalue weighted by molar-refractivity contribution is -0.159. The number of nitrogens with one attached hydrogen (secondary N) is 2. The molecule has 0 spiro atoms. The fourth-order valence-electron chi connectivity index (χ4n) is 4.81. The van der Waals surface area contributed by atoms with Crippen molar-refractivity contribution in [2.45, 2.75) is 57.8 Å². The standard InChI is InChI=1S/C34H38N4O8/c1-34(2,3)45-30(39)19-28(31(40)46-38-29(35)17-18-36-32(41)43-20-22-11-5-4-6-12-22)37-33(42)44-21-27-25-15-9-7-13-23(25)24-14-8-10-16-26(24)27/h4-16,27-28H,17-21H2,1-3H3,(H2,35,38)(H,36,41)(H,37,42)/t28-/m0/s1. The van der Waals surface area contributed by atoms with Crippen LogP contribution in [-0.2, 0) is 35.2 Å². The van der Waals surface area contributed by atoms with Crippen molar-refractivity contribution >= 4 is 30.0 Å². The largest absolute Gasteiger partial charge is 0.460 e. The number of ether oxygens (including phenoxy) is 3. The number of oxime groups is 1. The van der Waals surface area contributed by atoms with Crippen LogP contribution >= 0.6 is 0 Å². The van der Waals surface area contributed by atoms with Gasteiger partial charge in [-0.3, -0.25) is 4.79 Å². The topological polar surface area (TPSA) is 168 Å². The van der Waals surface area contributed by atoms with Gasteiger partial charge in [0.1, 0.15) is 30.7 Å². The Hall–Kier alpha value is -5.39. The Bertz CT molecular complexity index is 1520. The molecule has 3 aromatic carbocycles. The van der Waals surface area contributed by atoms with Crippen LogP contribution in [0.15, 0.2) is 84.0 Å². The summed E-state index contributed by atoms with van der Waals surface area (Å²) in [6.45, 7) is 5.18. The van der Waals surface area contributed by atoms with Gasteiger partial charge in [-0.05, 0) is 48.6 Å². The molecule has 0 bridgehead atoms. The number of esters is 1. The van der Waals surface area contributed by atoms with Gasteiger partial charge in [0.05, 0.1) is 6.42 Å². The van der Waals surface area contributed by atoms with Gasteiger partial charge in [0.2, 0.25) is 0 Å². The normalized spacial score (nSPS) is 13.1. The van der Waals surface area contributed by atoms with Gasteiger partial charge in [-0.1, -0.05) is 84.0 Å². The lowest BCUT2D eigenvalue weighted by atomic mass is 9.98. The summed E-state index contributed by atoms with van der Waals surface area (Å²) in [5, 5.41) is 8.51. The number of carbonyl (C=O) groups is 4. The fraction of sp³-hybridized carbons (Fsp3) is 0.324. The average Bonchev–Trinajstić information content (AvgIpc) is 3.34. The number of nitrogens with zero attached hydrogens (tertiary/aromatic N) is 1. The highest BCUT2D eigenvalue weighted by Crippen LogP contribution is 2.44. The van der Waals surface area contributed by atoms with E-state index in [1.165, 1.54) is 0 Å². The van der Waals surface area contributed by atoms with Crippen LogP contribution in [0.1, 0.15) is 56.2 Å². The third kappa shape index (κ3) is 9.81. The number of fused-ring (bicyclic) bond motifs is 3. The lowest BCUT2D eigenvalue weighted by Gasteiger charge is -2.22. The fourth-order valence-corrected chi connectivity index (χ4v) is 4.81. The predicted molar refractivity (Wildman–Crippen MR) is 169 cm³/mol. The Morgan fingerprint density at radius 1 is 0.848 bits per heavy atom. The first-order chi connectivity index (χ1) is 22.0. The first-order valence-electron chi connectivity index (χ1n) is 14.8. The molecule has 0 unspecified atom stereocenters. The van der Waals surface area contributed by atoms with Crippen molar-refractivity contribution in [1.29, 1.82) is 0 Å². The molecule has 0 saturated carbocycles. The SMILES string of the molecule is CC(C)(C)OC(=O)C[C@H](NC(=O)OCC1c2ccccc2-c2ccccc21)C(=O)O/N=C(/N)CCNC(=O)OCc1ccccc1. The molecule has 0 aromatic heterocycles. The van der Waals surface area contributed by atoms with E-state index in [0.29, 0.717) is 0 Å². The van der Waals surface area contributed by atoms with Gasteiger partial charge in [-0.2, -0.15) is 0 Å². The van der Waals surface area contributed by atoms with E-state index in [1.807, 2.05) is 78.9 Å². The number of amidine groups is 1. The molecule has 0 saturated heterocycles. The lowest BCUT2D eigenvalue weighted by Crippen LogP contribution is -2.44. The summed E-state index contributed by atoms with van der Waals surface area (Å²) in [4.78, 5) is 55.2. The van der Waals surface area contributed by atoms with E-state index in [1.54, 1.807) is 20.8 Å². The van der Waals surface area contributed by atoms with Gasteiger partial charge < -0.3 is 35.4 Å².